The number of aromatic nitrogens is 2. The molecule has 0 N–H and O–H groups in total. The number of aryl methyl sites for hydroxylation is 1. The molecule has 1 aliphatic heterocycles. The van der Waals surface area contributed by atoms with Gasteiger partial charge in [0.1, 0.15) is 5.82 Å². The van der Waals surface area contributed by atoms with Crippen LogP contribution in [0.3, 0.4) is 0 Å². The Hall–Kier alpha value is -1.65. The molecule has 0 saturated carbocycles. The fourth-order valence-electron chi connectivity index (χ4n) is 3.86. The van der Waals surface area contributed by atoms with Crippen molar-refractivity contribution in [2.75, 3.05) is 13.1 Å². The summed E-state index contributed by atoms with van der Waals surface area (Å²) in [4.78, 5) is 7.29. The van der Waals surface area contributed by atoms with Gasteiger partial charge in [0.05, 0.1) is 11.0 Å². The predicted molar refractivity (Wildman–Crippen MR) is 107 cm³/mol. The van der Waals surface area contributed by atoms with E-state index in [2.05, 4.69) is 80.9 Å². The van der Waals surface area contributed by atoms with E-state index < -0.39 is 0 Å². The molecule has 2 heterocycles. The second kappa shape index (κ2) is 7.30. The maximum atomic E-state index is 4.71. The topological polar surface area (TPSA) is 21.1 Å². The quantitative estimate of drug-likeness (QED) is 0.616. The third-order valence-corrected chi connectivity index (χ3v) is 5.84. The van der Waals surface area contributed by atoms with Gasteiger partial charge in [0.15, 0.2) is 0 Å². The van der Waals surface area contributed by atoms with Gasteiger partial charge in [-0.1, -0.05) is 40.2 Å². The number of para-hydroxylation sites is 2. The summed E-state index contributed by atoms with van der Waals surface area (Å²) in [6.07, 6.45) is 2.53. The Labute approximate surface area is 157 Å². The Morgan fingerprint density at radius 1 is 1.04 bits per heavy atom. The highest BCUT2D eigenvalue weighted by Gasteiger charge is 2.21. The standard InChI is InChI=1S/C21H24BrN3/c1-16-23-20-4-2-3-5-21(20)25(16)15-18-10-12-24(13-11-18)14-17-6-8-19(22)9-7-17/h2-9,18H,10-15H2,1H3. The monoisotopic (exact) mass is 397 g/mol. The molecule has 1 aliphatic rings. The van der Waals surface area contributed by atoms with Crippen LogP contribution in [0.4, 0.5) is 0 Å². The first-order chi connectivity index (χ1) is 12.2. The van der Waals surface area contributed by atoms with Gasteiger partial charge in [-0.05, 0) is 68.6 Å². The zero-order valence-corrected chi connectivity index (χ0v) is 16.2. The molecule has 0 bridgehead atoms. The van der Waals surface area contributed by atoms with Crippen LogP contribution in [0.2, 0.25) is 0 Å². The van der Waals surface area contributed by atoms with Crippen molar-refractivity contribution in [1.82, 2.24) is 14.5 Å². The number of imidazole rings is 1. The summed E-state index contributed by atoms with van der Waals surface area (Å²) < 4.78 is 3.56. The maximum absolute atomic E-state index is 4.71. The van der Waals surface area contributed by atoms with Crippen LogP contribution in [0.25, 0.3) is 11.0 Å². The molecule has 0 aliphatic carbocycles. The van der Waals surface area contributed by atoms with Crippen molar-refractivity contribution < 1.29 is 0 Å². The van der Waals surface area contributed by atoms with Gasteiger partial charge in [0.25, 0.3) is 0 Å². The molecule has 1 fully saturated rings. The zero-order chi connectivity index (χ0) is 17.2. The molecule has 0 atom stereocenters. The van der Waals surface area contributed by atoms with E-state index in [-0.39, 0.29) is 0 Å². The van der Waals surface area contributed by atoms with Crippen molar-refractivity contribution >= 4 is 27.0 Å². The van der Waals surface area contributed by atoms with Gasteiger partial charge >= 0.3 is 0 Å². The molecule has 1 saturated heterocycles. The molecular formula is C21H24BrN3. The van der Waals surface area contributed by atoms with Crippen molar-refractivity contribution in [3.8, 4) is 0 Å². The summed E-state index contributed by atoms with van der Waals surface area (Å²) in [5.74, 6) is 1.89. The molecule has 3 nitrogen and oxygen atoms in total. The van der Waals surface area contributed by atoms with E-state index in [1.54, 1.807) is 0 Å². The number of benzene rings is 2. The first-order valence-corrected chi connectivity index (χ1v) is 9.87. The van der Waals surface area contributed by atoms with Crippen molar-refractivity contribution in [2.45, 2.75) is 32.9 Å². The van der Waals surface area contributed by atoms with E-state index in [0.717, 1.165) is 34.8 Å². The van der Waals surface area contributed by atoms with Crippen LogP contribution in [-0.4, -0.2) is 27.5 Å². The van der Waals surface area contributed by atoms with Crippen molar-refractivity contribution in [1.29, 1.82) is 0 Å². The number of fused-ring (bicyclic) bond motifs is 1. The summed E-state index contributed by atoms with van der Waals surface area (Å²) in [5.41, 5.74) is 3.79. The molecule has 3 aromatic rings. The summed E-state index contributed by atoms with van der Waals surface area (Å²) in [5, 5.41) is 0. The molecule has 25 heavy (non-hydrogen) atoms. The van der Waals surface area contributed by atoms with Crippen LogP contribution in [0.5, 0.6) is 0 Å². The Morgan fingerprint density at radius 3 is 2.52 bits per heavy atom. The summed E-state index contributed by atoms with van der Waals surface area (Å²) in [7, 11) is 0. The number of nitrogens with zero attached hydrogens (tertiary/aromatic N) is 3. The highest BCUT2D eigenvalue weighted by molar-refractivity contribution is 9.10. The van der Waals surface area contributed by atoms with E-state index in [1.165, 1.54) is 37.0 Å². The van der Waals surface area contributed by atoms with Crippen LogP contribution < -0.4 is 0 Å². The molecule has 1 aromatic heterocycles. The second-order valence-electron chi connectivity index (χ2n) is 7.10. The van der Waals surface area contributed by atoms with E-state index >= 15 is 0 Å². The molecule has 0 amide bonds. The summed E-state index contributed by atoms with van der Waals surface area (Å²) in [6.45, 7) is 6.66. The Kier molecular flexibility index (Phi) is 4.91. The minimum absolute atomic E-state index is 0.748. The van der Waals surface area contributed by atoms with Crippen LogP contribution in [0.15, 0.2) is 53.0 Å². The highest BCUT2D eigenvalue weighted by Crippen LogP contribution is 2.24. The number of rotatable bonds is 4. The number of likely N-dealkylation sites (tertiary alicyclic amines) is 1. The van der Waals surface area contributed by atoms with Gasteiger partial charge in [-0.25, -0.2) is 4.98 Å². The molecule has 0 spiro atoms. The first kappa shape index (κ1) is 16.8. The largest absolute Gasteiger partial charge is 0.328 e. The second-order valence-corrected chi connectivity index (χ2v) is 8.02. The van der Waals surface area contributed by atoms with Crippen LogP contribution >= 0.6 is 15.9 Å². The van der Waals surface area contributed by atoms with Crippen LogP contribution in [0.1, 0.15) is 24.2 Å². The van der Waals surface area contributed by atoms with Crippen LogP contribution in [-0.2, 0) is 13.1 Å². The SMILES string of the molecule is Cc1nc2ccccc2n1CC1CCN(Cc2ccc(Br)cc2)CC1. The molecule has 0 radical (unpaired) electrons. The lowest BCUT2D eigenvalue weighted by atomic mass is 9.96. The maximum Gasteiger partial charge on any atom is 0.106 e. The van der Waals surface area contributed by atoms with Gasteiger partial charge in [0, 0.05) is 17.6 Å². The highest BCUT2D eigenvalue weighted by atomic mass is 79.9. The van der Waals surface area contributed by atoms with Crippen molar-refractivity contribution in [2.24, 2.45) is 5.92 Å². The molecule has 2 aromatic carbocycles. The fraction of sp³-hybridized carbons (Fsp3) is 0.381. The molecular weight excluding hydrogens is 374 g/mol. The van der Waals surface area contributed by atoms with Gasteiger partial charge in [-0.2, -0.15) is 0 Å². The predicted octanol–water partition coefficient (Wildman–Crippen LogP) is 5.02. The normalized spacial score (nSPS) is 16.6. The van der Waals surface area contributed by atoms with E-state index in [4.69, 9.17) is 4.98 Å². The van der Waals surface area contributed by atoms with Gasteiger partial charge in [0.2, 0.25) is 0 Å². The lowest BCUT2D eigenvalue weighted by molar-refractivity contribution is 0.167. The lowest BCUT2D eigenvalue weighted by Crippen LogP contribution is -2.34. The van der Waals surface area contributed by atoms with E-state index in [1.807, 2.05) is 0 Å². The third-order valence-electron chi connectivity index (χ3n) is 5.31. The molecule has 4 heteroatoms. The number of hydrogen-bond donors (Lipinski definition) is 0. The third kappa shape index (κ3) is 3.80. The molecule has 130 valence electrons. The smallest absolute Gasteiger partial charge is 0.106 e. The van der Waals surface area contributed by atoms with Crippen molar-refractivity contribution in [3.63, 3.8) is 0 Å². The summed E-state index contributed by atoms with van der Waals surface area (Å²) >= 11 is 3.51. The number of piperidine rings is 1. The average molecular weight is 398 g/mol. The Morgan fingerprint density at radius 2 is 1.76 bits per heavy atom. The molecule has 0 unspecified atom stereocenters. The Bertz CT molecular complexity index is 845. The van der Waals surface area contributed by atoms with Crippen molar-refractivity contribution in [3.05, 3.63) is 64.4 Å². The van der Waals surface area contributed by atoms with Gasteiger partial charge in [-0.15, -0.1) is 0 Å². The van der Waals surface area contributed by atoms with Crippen LogP contribution in [0, 0.1) is 12.8 Å². The Balaban J connectivity index is 1.37. The minimum atomic E-state index is 0.748. The average Bonchev–Trinajstić information content (AvgIpc) is 2.94. The minimum Gasteiger partial charge on any atom is -0.328 e. The number of hydrogen-bond acceptors (Lipinski definition) is 2. The summed E-state index contributed by atoms with van der Waals surface area (Å²) in [6, 6.07) is 17.2. The van der Waals surface area contributed by atoms with E-state index in [0.29, 0.717) is 0 Å². The number of halogens is 1. The van der Waals surface area contributed by atoms with E-state index in [9.17, 15) is 0 Å². The lowest BCUT2D eigenvalue weighted by Gasteiger charge is -2.32. The first-order valence-electron chi connectivity index (χ1n) is 9.08. The van der Waals surface area contributed by atoms with Gasteiger partial charge < -0.3 is 4.57 Å². The fourth-order valence-corrected chi connectivity index (χ4v) is 4.12. The van der Waals surface area contributed by atoms with Gasteiger partial charge in [-0.3, -0.25) is 4.90 Å². The zero-order valence-electron chi connectivity index (χ0n) is 14.7. The molecule has 4 rings (SSSR count).